The van der Waals surface area contributed by atoms with Crippen LogP contribution in [-0.2, 0) is 0 Å². The van der Waals surface area contributed by atoms with Gasteiger partial charge < -0.3 is 9.73 Å². The molecule has 1 N–H and O–H groups in total. The van der Waals surface area contributed by atoms with Crippen molar-refractivity contribution in [2.75, 3.05) is 5.32 Å². The van der Waals surface area contributed by atoms with Crippen molar-refractivity contribution < 1.29 is 8.81 Å². The maximum absolute atomic E-state index is 13.5. The van der Waals surface area contributed by atoms with Crippen molar-refractivity contribution in [3.8, 4) is 0 Å². The molecule has 1 heterocycles. The van der Waals surface area contributed by atoms with Gasteiger partial charge in [0.25, 0.3) is 0 Å². The molecule has 90 valence electrons. The smallest absolute Gasteiger partial charge is 0.320 e. The summed E-state index contributed by atoms with van der Waals surface area (Å²) < 4.78 is 18.7. The zero-order valence-electron chi connectivity index (χ0n) is 8.75. The number of anilines is 2. The zero-order chi connectivity index (χ0) is 12.4. The first-order valence-corrected chi connectivity index (χ1v) is 5.58. The third-order valence-corrected chi connectivity index (χ3v) is 2.45. The molecule has 0 aliphatic rings. The lowest BCUT2D eigenvalue weighted by Crippen LogP contribution is -1.94. The summed E-state index contributed by atoms with van der Waals surface area (Å²) in [6.07, 6.45) is 0. The Morgan fingerprint density at radius 1 is 1.41 bits per heavy atom. The molecular formula is C10H8Cl2FN3O. The fourth-order valence-corrected chi connectivity index (χ4v) is 1.42. The van der Waals surface area contributed by atoms with Gasteiger partial charge in [-0.05, 0) is 19.1 Å². The van der Waals surface area contributed by atoms with Crippen LogP contribution in [0, 0.1) is 5.82 Å². The number of aromatic nitrogens is 2. The van der Waals surface area contributed by atoms with Gasteiger partial charge in [0.1, 0.15) is 5.38 Å². The highest BCUT2D eigenvalue weighted by Gasteiger charge is 2.13. The van der Waals surface area contributed by atoms with Gasteiger partial charge in [0.15, 0.2) is 5.82 Å². The Labute approximate surface area is 107 Å². The van der Waals surface area contributed by atoms with Gasteiger partial charge >= 0.3 is 6.01 Å². The summed E-state index contributed by atoms with van der Waals surface area (Å²) in [6, 6.07) is 4.63. The lowest BCUT2D eigenvalue weighted by molar-refractivity contribution is 0.509. The van der Waals surface area contributed by atoms with Gasteiger partial charge in [-0.15, -0.1) is 16.7 Å². The van der Waals surface area contributed by atoms with Crippen molar-refractivity contribution >= 4 is 34.9 Å². The number of nitrogens with zero attached hydrogens (tertiary/aromatic N) is 2. The van der Waals surface area contributed by atoms with Crippen molar-refractivity contribution in [2.24, 2.45) is 0 Å². The number of rotatable bonds is 3. The second kappa shape index (κ2) is 4.89. The van der Waals surface area contributed by atoms with Crippen LogP contribution in [0.1, 0.15) is 18.2 Å². The van der Waals surface area contributed by atoms with E-state index in [1.807, 2.05) is 0 Å². The van der Waals surface area contributed by atoms with E-state index in [9.17, 15) is 4.39 Å². The Morgan fingerprint density at radius 2 is 2.18 bits per heavy atom. The van der Waals surface area contributed by atoms with Crippen LogP contribution in [0.4, 0.5) is 16.1 Å². The van der Waals surface area contributed by atoms with E-state index in [4.69, 9.17) is 27.6 Å². The Hall–Kier alpha value is -1.33. The first-order chi connectivity index (χ1) is 8.08. The summed E-state index contributed by atoms with van der Waals surface area (Å²) >= 11 is 11.4. The largest absolute Gasteiger partial charge is 0.406 e. The van der Waals surface area contributed by atoms with Gasteiger partial charge in [-0.2, -0.15) is 0 Å². The van der Waals surface area contributed by atoms with Crippen LogP contribution in [0.25, 0.3) is 0 Å². The molecule has 2 rings (SSSR count). The SMILES string of the molecule is CC(Cl)c1nnc(Nc2cccc(Cl)c2F)o1. The molecule has 0 radical (unpaired) electrons. The van der Waals surface area contributed by atoms with Crippen molar-refractivity contribution in [3.63, 3.8) is 0 Å². The summed E-state index contributed by atoms with van der Waals surface area (Å²) in [4.78, 5) is 0. The molecule has 0 spiro atoms. The maximum Gasteiger partial charge on any atom is 0.320 e. The van der Waals surface area contributed by atoms with Crippen LogP contribution in [-0.4, -0.2) is 10.2 Å². The molecule has 0 amide bonds. The molecule has 0 aliphatic carbocycles. The van der Waals surface area contributed by atoms with E-state index in [0.29, 0.717) is 0 Å². The number of alkyl halides is 1. The van der Waals surface area contributed by atoms with Crippen LogP contribution in [0.15, 0.2) is 22.6 Å². The van der Waals surface area contributed by atoms with E-state index in [1.165, 1.54) is 12.1 Å². The van der Waals surface area contributed by atoms with Crippen molar-refractivity contribution in [1.29, 1.82) is 0 Å². The zero-order valence-corrected chi connectivity index (χ0v) is 10.3. The first kappa shape index (κ1) is 12.1. The molecule has 1 aromatic carbocycles. The Morgan fingerprint density at radius 3 is 2.82 bits per heavy atom. The summed E-state index contributed by atoms with van der Waals surface area (Å²) in [6.45, 7) is 1.69. The molecule has 0 saturated heterocycles. The van der Waals surface area contributed by atoms with Crippen LogP contribution in [0.2, 0.25) is 5.02 Å². The van der Waals surface area contributed by atoms with E-state index < -0.39 is 11.2 Å². The standard InChI is InChI=1S/C10H8Cl2FN3O/c1-5(11)9-15-16-10(17-9)14-7-4-2-3-6(12)8(7)13/h2-5H,1H3,(H,14,16). The van der Waals surface area contributed by atoms with Gasteiger partial charge in [0.05, 0.1) is 10.7 Å². The van der Waals surface area contributed by atoms with E-state index in [0.717, 1.165) is 0 Å². The average molecular weight is 276 g/mol. The molecule has 0 bridgehead atoms. The molecule has 1 unspecified atom stereocenters. The van der Waals surface area contributed by atoms with Gasteiger partial charge in [0.2, 0.25) is 5.89 Å². The summed E-state index contributed by atoms with van der Waals surface area (Å²) in [7, 11) is 0. The number of hydrogen-bond acceptors (Lipinski definition) is 4. The van der Waals surface area contributed by atoms with Crippen molar-refractivity contribution in [3.05, 3.63) is 34.9 Å². The van der Waals surface area contributed by atoms with Crippen LogP contribution in [0.5, 0.6) is 0 Å². The topological polar surface area (TPSA) is 51.0 Å². The molecule has 7 heteroatoms. The minimum absolute atomic E-state index is 0.0143. The van der Waals surface area contributed by atoms with Gasteiger partial charge in [-0.25, -0.2) is 4.39 Å². The number of halogens is 3. The van der Waals surface area contributed by atoms with E-state index in [1.54, 1.807) is 13.0 Å². The van der Waals surface area contributed by atoms with Gasteiger partial charge in [-0.3, -0.25) is 0 Å². The molecule has 4 nitrogen and oxygen atoms in total. The van der Waals surface area contributed by atoms with E-state index in [-0.39, 0.29) is 22.6 Å². The van der Waals surface area contributed by atoms with Gasteiger partial charge in [-0.1, -0.05) is 22.8 Å². The predicted molar refractivity (Wildman–Crippen MR) is 63.3 cm³/mol. The highest BCUT2D eigenvalue weighted by atomic mass is 35.5. The normalized spacial score (nSPS) is 12.5. The second-order valence-corrected chi connectivity index (χ2v) is 4.35. The third-order valence-electron chi connectivity index (χ3n) is 1.97. The monoisotopic (exact) mass is 275 g/mol. The predicted octanol–water partition coefficient (Wildman–Crippen LogP) is 3.91. The number of hydrogen-bond donors (Lipinski definition) is 1. The van der Waals surface area contributed by atoms with Crippen LogP contribution in [0.3, 0.4) is 0 Å². The molecule has 1 atom stereocenters. The highest BCUT2D eigenvalue weighted by Crippen LogP contribution is 2.26. The lowest BCUT2D eigenvalue weighted by Gasteiger charge is -2.03. The third kappa shape index (κ3) is 2.68. The maximum atomic E-state index is 13.5. The Bertz CT molecular complexity index is 530. The molecule has 0 aliphatic heterocycles. The molecular weight excluding hydrogens is 268 g/mol. The molecule has 0 saturated carbocycles. The fraction of sp³-hybridized carbons (Fsp3) is 0.200. The Balaban J connectivity index is 2.22. The molecule has 2 aromatic rings. The fourth-order valence-electron chi connectivity index (χ4n) is 1.16. The minimum Gasteiger partial charge on any atom is -0.406 e. The highest BCUT2D eigenvalue weighted by molar-refractivity contribution is 6.31. The number of benzene rings is 1. The summed E-state index contributed by atoms with van der Waals surface area (Å²) in [5.41, 5.74) is 0.162. The molecule has 17 heavy (non-hydrogen) atoms. The summed E-state index contributed by atoms with van der Waals surface area (Å²) in [5, 5.41) is 9.62. The van der Waals surface area contributed by atoms with Crippen LogP contribution < -0.4 is 5.32 Å². The minimum atomic E-state index is -0.576. The molecule has 1 aromatic heterocycles. The quantitative estimate of drug-likeness (QED) is 0.863. The van der Waals surface area contributed by atoms with Crippen molar-refractivity contribution in [2.45, 2.75) is 12.3 Å². The first-order valence-electron chi connectivity index (χ1n) is 4.76. The lowest BCUT2D eigenvalue weighted by atomic mass is 10.3. The Kier molecular flexibility index (Phi) is 3.49. The second-order valence-electron chi connectivity index (χ2n) is 3.29. The summed E-state index contributed by atoms with van der Waals surface area (Å²) in [5.74, 6) is -0.315. The average Bonchev–Trinajstić information content (AvgIpc) is 2.73. The molecule has 0 fully saturated rings. The van der Waals surface area contributed by atoms with Gasteiger partial charge in [0, 0.05) is 0 Å². The van der Waals surface area contributed by atoms with E-state index in [2.05, 4.69) is 15.5 Å². The van der Waals surface area contributed by atoms with Crippen LogP contribution >= 0.6 is 23.2 Å². The van der Waals surface area contributed by atoms with Crippen molar-refractivity contribution in [1.82, 2.24) is 10.2 Å². The van der Waals surface area contributed by atoms with E-state index >= 15 is 0 Å². The number of nitrogens with one attached hydrogen (secondary N) is 1.